The fourth-order valence-corrected chi connectivity index (χ4v) is 7.02. The van der Waals surface area contributed by atoms with Gasteiger partial charge < -0.3 is 51.6 Å². The second kappa shape index (κ2) is 23.4. The number of amides is 3. The molecule has 1 aliphatic rings. The highest BCUT2D eigenvalue weighted by molar-refractivity contribution is 6.31. The minimum absolute atomic E-state index is 0.0271. The molecule has 0 spiro atoms. The van der Waals surface area contributed by atoms with Gasteiger partial charge in [-0.3, -0.25) is 14.4 Å². The molecule has 0 saturated carbocycles. The largest absolute Gasteiger partial charge is 0.484 e. The Morgan fingerprint density at radius 3 is 1.77 bits per heavy atom. The van der Waals surface area contributed by atoms with Crippen molar-refractivity contribution in [2.45, 2.75) is 70.3 Å². The SMILES string of the molecule is Nc1nc(N)c(C(=O)N[C@H]2CCC[N+](CCCc3ccc(OCC(=O)NCCCCO)cc3)(CCCc3ccc(OCC(=O)NCCCCO)cc3)C2)nc1Cl. The van der Waals surface area contributed by atoms with E-state index in [0.717, 1.165) is 82.0 Å². The van der Waals surface area contributed by atoms with Gasteiger partial charge in [-0.25, -0.2) is 9.97 Å². The van der Waals surface area contributed by atoms with Crippen LogP contribution in [-0.2, 0) is 22.4 Å². The van der Waals surface area contributed by atoms with Gasteiger partial charge in [-0.2, -0.15) is 0 Å². The van der Waals surface area contributed by atoms with Crippen LogP contribution >= 0.6 is 11.6 Å². The number of quaternary nitrogens is 1. The summed E-state index contributed by atoms with van der Waals surface area (Å²) in [4.78, 5) is 45.4. The quantitative estimate of drug-likeness (QED) is 0.0516. The number of nitrogens with two attached hydrogens (primary N) is 2. The number of nitrogens with one attached hydrogen (secondary N) is 3. The lowest BCUT2D eigenvalue weighted by molar-refractivity contribution is -0.933. The normalized spacial score (nSPS) is 14.8. The first-order chi connectivity index (χ1) is 27.1. The zero-order valence-electron chi connectivity index (χ0n) is 32.1. The van der Waals surface area contributed by atoms with Crippen LogP contribution in [0.15, 0.2) is 48.5 Å². The Kier molecular flexibility index (Phi) is 18.4. The molecule has 16 heteroatoms. The molecule has 0 unspecified atom stereocenters. The standard InChI is InChI=1S/C40H57ClN8O7/c41-37-39(43)48-38(42)36(47-37)40(54)46-31-10-7-23-49(26-31,21-5-8-29-11-15-32(16-12-29)55-27-34(52)44-19-1-3-24-50)22-6-9-30-13-17-33(18-14-30)56-28-35(53)45-20-2-4-25-51/h11-18,31,50-51H,1-10,19-28H2,(H6-,42,43,44,45,46,48,52,53,54)/p+1/t31-/m0/s1. The molecule has 0 aliphatic carbocycles. The lowest BCUT2D eigenvalue weighted by Crippen LogP contribution is -2.60. The summed E-state index contributed by atoms with van der Waals surface area (Å²) in [7, 11) is 0. The van der Waals surface area contributed by atoms with E-state index in [0.29, 0.717) is 37.4 Å². The number of unbranched alkanes of at least 4 members (excludes halogenated alkanes) is 2. The van der Waals surface area contributed by atoms with Crippen LogP contribution in [0.5, 0.6) is 11.5 Å². The molecule has 0 radical (unpaired) electrons. The highest BCUT2D eigenvalue weighted by Crippen LogP contribution is 2.25. The van der Waals surface area contributed by atoms with E-state index in [2.05, 4.69) is 25.9 Å². The van der Waals surface area contributed by atoms with E-state index in [-0.39, 0.29) is 66.8 Å². The number of anilines is 2. The maximum Gasteiger partial charge on any atom is 0.274 e. The number of piperidine rings is 1. The van der Waals surface area contributed by atoms with Crippen LogP contribution in [0.2, 0.25) is 5.15 Å². The minimum Gasteiger partial charge on any atom is -0.484 e. The number of nitrogen functional groups attached to an aromatic ring is 2. The minimum atomic E-state index is -0.426. The summed E-state index contributed by atoms with van der Waals surface area (Å²) in [6.07, 6.45) is 8.09. The van der Waals surface area contributed by atoms with Gasteiger partial charge in [-0.1, -0.05) is 35.9 Å². The van der Waals surface area contributed by atoms with Crippen molar-refractivity contribution in [3.63, 3.8) is 0 Å². The maximum absolute atomic E-state index is 13.3. The number of nitrogens with zero attached hydrogens (tertiary/aromatic N) is 3. The number of ether oxygens (including phenoxy) is 2. The Hall–Kier alpha value is -4.70. The Labute approximate surface area is 334 Å². The van der Waals surface area contributed by atoms with E-state index in [1.807, 2.05) is 48.5 Å². The van der Waals surface area contributed by atoms with Gasteiger partial charge >= 0.3 is 0 Å². The molecule has 1 aliphatic heterocycles. The van der Waals surface area contributed by atoms with Crippen molar-refractivity contribution in [1.82, 2.24) is 25.9 Å². The van der Waals surface area contributed by atoms with E-state index >= 15 is 0 Å². The van der Waals surface area contributed by atoms with Crippen molar-refractivity contribution in [3.05, 3.63) is 70.5 Å². The first-order valence-corrected chi connectivity index (χ1v) is 19.9. The van der Waals surface area contributed by atoms with Gasteiger partial charge in [-0.15, -0.1) is 0 Å². The summed E-state index contributed by atoms with van der Waals surface area (Å²) >= 11 is 6.06. The molecule has 3 aromatic rings. The average molecular weight is 798 g/mol. The number of carbonyl (C=O) groups excluding carboxylic acids is 3. The van der Waals surface area contributed by atoms with Gasteiger partial charge in [0.1, 0.15) is 11.5 Å². The molecule has 1 fully saturated rings. The smallest absolute Gasteiger partial charge is 0.274 e. The van der Waals surface area contributed by atoms with Crippen molar-refractivity contribution >= 4 is 41.0 Å². The number of aliphatic hydroxyl groups is 2. The van der Waals surface area contributed by atoms with Crippen molar-refractivity contribution in [3.8, 4) is 11.5 Å². The van der Waals surface area contributed by atoms with Gasteiger partial charge in [0.05, 0.1) is 32.2 Å². The maximum atomic E-state index is 13.3. The molecular weight excluding hydrogens is 740 g/mol. The number of aromatic nitrogens is 2. The molecular formula is C40H58ClN8O7+. The van der Waals surface area contributed by atoms with Gasteiger partial charge in [0, 0.05) is 39.1 Å². The molecule has 4 rings (SSSR count). The number of benzene rings is 2. The highest BCUT2D eigenvalue weighted by Gasteiger charge is 2.35. The molecule has 1 saturated heterocycles. The Balaban J connectivity index is 1.33. The number of aliphatic hydroxyl groups excluding tert-OH is 2. The Morgan fingerprint density at radius 1 is 0.750 bits per heavy atom. The van der Waals surface area contributed by atoms with Crippen LogP contribution < -0.4 is 36.9 Å². The monoisotopic (exact) mass is 797 g/mol. The molecule has 56 heavy (non-hydrogen) atoms. The lowest BCUT2D eigenvalue weighted by atomic mass is 9.99. The third-order valence-corrected chi connectivity index (χ3v) is 10.1. The number of hydrogen-bond acceptors (Lipinski definition) is 11. The summed E-state index contributed by atoms with van der Waals surface area (Å²) in [5.41, 5.74) is 14.0. The van der Waals surface area contributed by atoms with E-state index in [1.165, 1.54) is 11.1 Å². The summed E-state index contributed by atoms with van der Waals surface area (Å²) in [5.74, 6) is 0.343. The molecule has 2 aromatic carbocycles. The van der Waals surface area contributed by atoms with Gasteiger partial charge in [0.2, 0.25) is 0 Å². The molecule has 2 heterocycles. The van der Waals surface area contributed by atoms with Crippen LogP contribution in [0, 0.1) is 0 Å². The Morgan fingerprint density at radius 2 is 1.27 bits per heavy atom. The Bertz CT molecular complexity index is 1600. The third kappa shape index (κ3) is 15.1. The van der Waals surface area contributed by atoms with Crippen molar-refractivity contribution in [2.75, 3.05) is 77.2 Å². The molecule has 0 bridgehead atoms. The topological polar surface area (TPSA) is 224 Å². The van der Waals surface area contributed by atoms with E-state index in [4.69, 9.17) is 42.8 Å². The fourth-order valence-electron chi connectivity index (χ4n) is 6.89. The average Bonchev–Trinajstić information content (AvgIpc) is 3.19. The number of rotatable bonds is 24. The molecule has 1 aromatic heterocycles. The zero-order valence-corrected chi connectivity index (χ0v) is 32.9. The van der Waals surface area contributed by atoms with Gasteiger partial charge in [0.25, 0.3) is 17.7 Å². The summed E-state index contributed by atoms with van der Waals surface area (Å²) in [6.45, 7) is 4.70. The molecule has 9 N–H and O–H groups in total. The van der Waals surface area contributed by atoms with Crippen LogP contribution in [0.1, 0.15) is 73.0 Å². The molecule has 1 atom stereocenters. The number of carbonyl (C=O) groups is 3. The summed E-state index contributed by atoms with van der Waals surface area (Å²) in [5, 5.41) is 26.4. The third-order valence-electron chi connectivity index (χ3n) is 9.84. The molecule has 3 amide bonds. The first kappa shape index (κ1) is 44.0. The lowest BCUT2D eigenvalue weighted by Gasteiger charge is -2.45. The summed E-state index contributed by atoms with van der Waals surface area (Å²) < 4.78 is 12.2. The highest BCUT2D eigenvalue weighted by atomic mass is 35.5. The van der Waals surface area contributed by atoms with Crippen LogP contribution in [0.4, 0.5) is 11.6 Å². The zero-order chi connectivity index (χ0) is 40.2. The number of hydrogen-bond donors (Lipinski definition) is 7. The summed E-state index contributed by atoms with van der Waals surface area (Å²) in [6, 6.07) is 15.6. The van der Waals surface area contributed by atoms with Crippen LogP contribution in [-0.4, -0.2) is 114 Å². The molecule has 306 valence electrons. The number of aryl methyl sites for hydroxylation is 2. The predicted molar refractivity (Wildman–Crippen MR) is 215 cm³/mol. The second-order valence-electron chi connectivity index (χ2n) is 14.3. The van der Waals surface area contributed by atoms with Crippen molar-refractivity contribution < 1.29 is 38.6 Å². The van der Waals surface area contributed by atoms with Gasteiger partial charge in [0.15, 0.2) is 35.7 Å². The van der Waals surface area contributed by atoms with E-state index < -0.39 is 5.91 Å². The predicted octanol–water partition coefficient (Wildman–Crippen LogP) is 2.80. The second-order valence-corrected chi connectivity index (χ2v) is 14.6. The van der Waals surface area contributed by atoms with Gasteiger partial charge in [-0.05, 0) is 86.8 Å². The van der Waals surface area contributed by atoms with E-state index in [9.17, 15) is 14.4 Å². The number of likely N-dealkylation sites (tertiary alicyclic amines) is 1. The fraction of sp³-hybridized carbons (Fsp3) is 0.525. The molecule has 15 nitrogen and oxygen atoms in total. The van der Waals surface area contributed by atoms with Crippen molar-refractivity contribution in [1.29, 1.82) is 0 Å². The first-order valence-electron chi connectivity index (χ1n) is 19.5. The van der Waals surface area contributed by atoms with Crippen LogP contribution in [0.25, 0.3) is 0 Å². The van der Waals surface area contributed by atoms with Crippen LogP contribution in [0.3, 0.4) is 0 Å². The van der Waals surface area contributed by atoms with E-state index in [1.54, 1.807) is 0 Å². The number of halogens is 1. The van der Waals surface area contributed by atoms with Crippen molar-refractivity contribution in [2.24, 2.45) is 0 Å².